The highest BCUT2D eigenvalue weighted by Gasteiger charge is 2.29. The largest absolute Gasteiger partial charge is 0.308 e. The summed E-state index contributed by atoms with van der Waals surface area (Å²) >= 11 is 0. The molecule has 0 aliphatic heterocycles. The summed E-state index contributed by atoms with van der Waals surface area (Å²) in [6.07, 6.45) is 0. The van der Waals surface area contributed by atoms with E-state index in [2.05, 4.69) is 263 Å². The van der Waals surface area contributed by atoms with Gasteiger partial charge in [0.15, 0.2) is 34.9 Å². The Bertz CT molecular complexity index is 3890. The maximum absolute atomic E-state index is 10.7. The quantitative estimate of drug-likeness (QED) is 0.156. The number of aromatic nitrogens is 7. The molecule has 0 bridgehead atoms. The number of para-hydroxylation sites is 1. The van der Waals surface area contributed by atoms with E-state index in [4.69, 9.17) is 29.9 Å². The van der Waals surface area contributed by atoms with Crippen molar-refractivity contribution in [2.75, 3.05) is 0 Å². The van der Waals surface area contributed by atoms with Crippen LogP contribution in [0.1, 0.15) is 164 Å². The molecular weight excluding hydrogens is 989 g/mol. The molecule has 0 atom stereocenters. The summed E-state index contributed by atoms with van der Waals surface area (Å²) in [6, 6.07) is 53.9. The molecule has 0 amide bonds. The SMILES string of the molecule is CC(C)(C)c1cc(-c2nc(-c3cc(C(C)(C)C)cc(C(C)(C)C)c3)nc(-c3cc(C#N)ccc3-n3c4ccccc4c4cc(-c5nc(-c6ccccc6C(C)(C)C)nc(-c6ccccc6C(C)(C)C)n5)ccc43)n2)cc(C(C)(C)C)c1. The predicted molar refractivity (Wildman–Crippen MR) is 337 cm³/mol. The zero-order valence-corrected chi connectivity index (χ0v) is 50.9. The Labute approximate surface area is 480 Å². The molecule has 0 unspecified atom stereocenters. The summed E-state index contributed by atoms with van der Waals surface area (Å²) in [4.78, 5) is 32.4. The number of benzene rings is 7. The fraction of sp³-hybridized carbons (Fsp3) is 0.329. The second-order valence-corrected chi connectivity index (χ2v) is 28.2. The predicted octanol–water partition coefficient (Wildman–Crippen LogP) is 18.8. The van der Waals surface area contributed by atoms with Gasteiger partial charge in [-0.2, -0.15) is 5.26 Å². The van der Waals surface area contributed by atoms with Crippen LogP contribution in [0.2, 0.25) is 0 Å². The van der Waals surface area contributed by atoms with E-state index in [0.717, 1.165) is 66.4 Å². The Kier molecular flexibility index (Phi) is 14.0. The van der Waals surface area contributed by atoms with E-state index in [0.29, 0.717) is 46.1 Å². The highest BCUT2D eigenvalue weighted by molar-refractivity contribution is 6.11. The number of nitriles is 1. The smallest absolute Gasteiger partial charge is 0.166 e. The van der Waals surface area contributed by atoms with Crippen LogP contribution in [-0.4, -0.2) is 34.5 Å². The van der Waals surface area contributed by atoms with Crippen molar-refractivity contribution in [1.82, 2.24) is 34.5 Å². The fourth-order valence-electron chi connectivity index (χ4n) is 10.8. The van der Waals surface area contributed by atoms with E-state index < -0.39 is 0 Å². The highest BCUT2D eigenvalue weighted by atomic mass is 15.1. The standard InChI is InChI=1S/C73H78N8/c1-68(2,3)48-36-46(37-49(41-48)69(4,5)6)63-75-64(47-38-50(70(7,8)9)42-51(39-47)71(10,11)12)79-67(78-63)56-35-44(43-74)31-33-61(56)81-59-30-24-21-25-52(59)55-40-45(32-34-60(55)81)62-76-65(53-26-19-22-28-57(53)72(13,14)15)80-66(77-62)54-27-20-23-29-58(54)73(16,17)18/h19-42H,1-18H3. The minimum atomic E-state index is -0.164. The number of hydrogen-bond acceptors (Lipinski definition) is 7. The van der Waals surface area contributed by atoms with Gasteiger partial charge in [-0.1, -0.05) is 203 Å². The zero-order valence-electron chi connectivity index (χ0n) is 50.9. The fourth-order valence-corrected chi connectivity index (χ4v) is 10.8. The van der Waals surface area contributed by atoms with Gasteiger partial charge in [0, 0.05) is 44.2 Å². The molecule has 81 heavy (non-hydrogen) atoms. The van der Waals surface area contributed by atoms with Gasteiger partial charge in [-0.15, -0.1) is 0 Å². The Hall–Kier alpha value is -8.15. The first-order valence-corrected chi connectivity index (χ1v) is 28.5. The minimum absolute atomic E-state index is 0.147. The van der Waals surface area contributed by atoms with E-state index in [9.17, 15) is 5.26 Å². The number of nitrogens with zero attached hydrogens (tertiary/aromatic N) is 8. The van der Waals surface area contributed by atoms with Gasteiger partial charge >= 0.3 is 0 Å². The average Bonchev–Trinajstić information content (AvgIpc) is 4.04. The second kappa shape index (κ2) is 20.1. The Morgan fingerprint density at radius 2 is 0.704 bits per heavy atom. The van der Waals surface area contributed by atoms with Gasteiger partial charge in [-0.25, -0.2) is 29.9 Å². The molecule has 0 saturated heterocycles. The molecule has 10 aromatic rings. The average molecular weight is 1070 g/mol. The molecule has 0 aliphatic carbocycles. The lowest BCUT2D eigenvalue weighted by Crippen LogP contribution is -2.17. The minimum Gasteiger partial charge on any atom is -0.308 e. The molecule has 8 heteroatoms. The molecule has 3 heterocycles. The molecule has 7 aromatic carbocycles. The van der Waals surface area contributed by atoms with Crippen molar-refractivity contribution in [1.29, 1.82) is 5.26 Å². The topological polar surface area (TPSA) is 106 Å². The van der Waals surface area contributed by atoms with Gasteiger partial charge in [0.1, 0.15) is 0 Å². The van der Waals surface area contributed by atoms with Crippen LogP contribution in [0, 0.1) is 11.3 Å². The molecule has 0 radical (unpaired) electrons. The molecule has 8 nitrogen and oxygen atoms in total. The lowest BCUT2D eigenvalue weighted by molar-refractivity contribution is 0.568. The van der Waals surface area contributed by atoms with Crippen LogP contribution in [0.4, 0.5) is 0 Å². The number of fused-ring (bicyclic) bond motifs is 3. The van der Waals surface area contributed by atoms with Crippen molar-refractivity contribution in [3.05, 3.63) is 185 Å². The molecule has 3 aromatic heterocycles. The summed E-state index contributed by atoms with van der Waals surface area (Å²) in [5, 5.41) is 12.7. The van der Waals surface area contributed by atoms with Crippen molar-refractivity contribution in [3.63, 3.8) is 0 Å². The van der Waals surface area contributed by atoms with E-state index in [1.54, 1.807) is 0 Å². The molecule has 0 spiro atoms. The summed E-state index contributed by atoms with van der Waals surface area (Å²) in [6.45, 7) is 40.4. The summed E-state index contributed by atoms with van der Waals surface area (Å²) in [5.41, 5.74) is 14.8. The normalized spacial score (nSPS) is 12.8. The highest BCUT2D eigenvalue weighted by Crippen LogP contribution is 2.42. The maximum atomic E-state index is 10.7. The summed E-state index contributed by atoms with van der Waals surface area (Å²) < 4.78 is 2.29. The summed E-state index contributed by atoms with van der Waals surface area (Å²) in [5.74, 6) is 3.45. The van der Waals surface area contributed by atoms with Crippen LogP contribution in [0.3, 0.4) is 0 Å². The molecular formula is C73H78N8. The molecule has 0 aliphatic rings. The number of rotatable bonds is 7. The van der Waals surface area contributed by atoms with Crippen LogP contribution < -0.4 is 0 Å². The van der Waals surface area contributed by atoms with E-state index in [-0.39, 0.29) is 32.5 Å². The van der Waals surface area contributed by atoms with E-state index >= 15 is 0 Å². The van der Waals surface area contributed by atoms with Gasteiger partial charge in [0.25, 0.3) is 0 Å². The van der Waals surface area contributed by atoms with Crippen molar-refractivity contribution in [2.45, 2.75) is 157 Å². The third-order valence-corrected chi connectivity index (χ3v) is 15.6. The van der Waals surface area contributed by atoms with Crippen LogP contribution in [0.15, 0.2) is 146 Å². The van der Waals surface area contributed by atoms with Crippen molar-refractivity contribution in [2.24, 2.45) is 0 Å². The Balaban J connectivity index is 1.24. The maximum Gasteiger partial charge on any atom is 0.166 e. The van der Waals surface area contributed by atoms with Gasteiger partial charge in [0.05, 0.1) is 28.4 Å². The van der Waals surface area contributed by atoms with Crippen molar-refractivity contribution < 1.29 is 0 Å². The third-order valence-electron chi connectivity index (χ3n) is 15.6. The van der Waals surface area contributed by atoms with E-state index in [1.807, 2.05) is 18.2 Å². The van der Waals surface area contributed by atoms with Gasteiger partial charge in [0.2, 0.25) is 0 Å². The van der Waals surface area contributed by atoms with Gasteiger partial charge in [-0.05, 0) is 133 Å². The van der Waals surface area contributed by atoms with E-state index in [1.165, 1.54) is 22.3 Å². The first kappa shape index (κ1) is 56.1. The lowest BCUT2D eigenvalue weighted by Gasteiger charge is -2.26. The van der Waals surface area contributed by atoms with Crippen LogP contribution in [-0.2, 0) is 32.5 Å². The van der Waals surface area contributed by atoms with Gasteiger partial charge < -0.3 is 4.57 Å². The molecule has 410 valence electrons. The van der Waals surface area contributed by atoms with Crippen LogP contribution in [0.25, 0.3) is 95.8 Å². The van der Waals surface area contributed by atoms with Gasteiger partial charge in [-0.3, -0.25) is 0 Å². The van der Waals surface area contributed by atoms with Crippen molar-refractivity contribution >= 4 is 21.8 Å². The molecule has 10 rings (SSSR count). The first-order chi connectivity index (χ1) is 37.9. The zero-order chi connectivity index (χ0) is 58.4. The third kappa shape index (κ3) is 11.2. The monoisotopic (exact) mass is 1070 g/mol. The molecule has 0 N–H and O–H groups in total. The van der Waals surface area contributed by atoms with Crippen LogP contribution >= 0.6 is 0 Å². The molecule has 0 fully saturated rings. The summed E-state index contributed by atoms with van der Waals surface area (Å²) in [7, 11) is 0. The first-order valence-electron chi connectivity index (χ1n) is 28.5. The lowest BCUT2D eigenvalue weighted by atomic mass is 9.79. The Morgan fingerprint density at radius 3 is 1.15 bits per heavy atom. The van der Waals surface area contributed by atoms with Crippen LogP contribution in [0.5, 0.6) is 0 Å². The second-order valence-electron chi connectivity index (χ2n) is 28.2. The van der Waals surface area contributed by atoms with Crippen molar-refractivity contribution in [3.8, 4) is 80.1 Å². The Morgan fingerprint density at radius 1 is 0.321 bits per heavy atom. The molecule has 0 saturated carbocycles. The number of hydrogen-bond donors (Lipinski definition) is 0.